The second kappa shape index (κ2) is 4.11. The van der Waals surface area contributed by atoms with E-state index in [0.29, 0.717) is 5.69 Å². The summed E-state index contributed by atoms with van der Waals surface area (Å²) in [5.74, 6) is 0.828. The number of rotatable bonds is 1. The van der Waals surface area contributed by atoms with Crippen molar-refractivity contribution in [2.75, 3.05) is 18.0 Å². The van der Waals surface area contributed by atoms with Gasteiger partial charge in [0.1, 0.15) is 17.6 Å². The summed E-state index contributed by atoms with van der Waals surface area (Å²) in [6, 6.07) is 7.48. The van der Waals surface area contributed by atoms with Crippen LogP contribution in [0.5, 0.6) is 0 Å². The molecule has 4 nitrogen and oxygen atoms in total. The topological polar surface area (TPSA) is 60.1 Å². The number of anilines is 1. The van der Waals surface area contributed by atoms with Gasteiger partial charge < -0.3 is 10.0 Å². The summed E-state index contributed by atoms with van der Waals surface area (Å²) < 4.78 is 0. The van der Waals surface area contributed by atoms with Crippen LogP contribution in [-0.4, -0.2) is 28.8 Å². The molecule has 0 aliphatic carbocycles. The monoisotopic (exact) mass is 217 g/mol. The van der Waals surface area contributed by atoms with Gasteiger partial charge in [0.15, 0.2) is 0 Å². The molecular weight excluding hydrogens is 202 g/mol. The first-order valence-electron chi connectivity index (χ1n) is 5.45. The van der Waals surface area contributed by atoms with Crippen LogP contribution in [0.4, 0.5) is 5.82 Å². The molecule has 0 saturated carbocycles. The summed E-state index contributed by atoms with van der Waals surface area (Å²) >= 11 is 0. The van der Waals surface area contributed by atoms with Gasteiger partial charge in [-0.3, -0.25) is 0 Å². The molecule has 1 saturated heterocycles. The van der Waals surface area contributed by atoms with Crippen LogP contribution in [0.25, 0.3) is 0 Å². The van der Waals surface area contributed by atoms with Gasteiger partial charge in [0, 0.05) is 13.1 Å². The predicted octanol–water partition coefficient (Wildman–Crippen LogP) is 1.30. The van der Waals surface area contributed by atoms with E-state index in [-0.39, 0.29) is 0 Å². The molecule has 16 heavy (non-hydrogen) atoms. The summed E-state index contributed by atoms with van der Waals surface area (Å²) in [4.78, 5) is 6.36. The molecule has 0 radical (unpaired) electrons. The van der Waals surface area contributed by atoms with Crippen molar-refractivity contribution in [3.63, 3.8) is 0 Å². The van der Waals surface area contributed by atoms with E-state index in [1.165, 1.54) is 0 Å². The quantitative estimate of drug-likeness (QED) is 0.770. The highest BCUT2D eigenvalue weighted by molar-refractivity contribution is 5.42. The van der Waals surface area contributed by atoms with Crippen molar-refractivity contribution in [1.82, 2.24) is 4.98 Å². The van der Waals surface area contributed by atoms with Gasteiger partial charge in [-0.25, -0.2) is 4.98 Å². The Kier molecular flexibility index (Phi) is 2.80. The average molecular weight is 217 g/mol. The lowest BCUT2D eigenvalue weighted by Crippen LogP contribution is -2.42. The Labute approximate surface area is 95.1 Å². The average Bonchev–Trinajstić information content (AvgIpc) is 2.29. The molecule has 0 amide bonds. The number of aliphatic hydroxyl groups is 1. The van der Waals surface area contributed by atoms with Crippen LogP contribution in [0.2, 0.25) is 0 Å². The minimum absolute atomic E-state index is 0.440. The summed E-state index contributed by atoms with van der Waals surface area (Å²) in [6.07, 6.45) is 1.48. The lowest BCUT2D eigenvalue weighted by Gasteiger charge is -2.36. The molecule has 0 spiro atoms. The maximum absolute atomic E-state index is 9.84. The van der Waals surface area contributed by atoms with Gasteiger partial charge >= 0.3 is 0 Å². The van der Waals surface area contributed by atoms with Crippen LogP contribution in [-0.2, 0) is 0 Å². The van der Waals surface area contributed by atoms with E-state index < -0.39 is 5.60 Å². The third-order valence-electron chi connectivity index (χ3n) is 3.01. The Balaban J connectivity index is 2.11. The maximum Gasteiger partial charge on any atom is 0.142 e. The van der Waals surface area contributed by atoms with Crippen molar-refractivity contribution in [2.45, 2.75) is 25.4 Å². The fourth-order valence-corrected chi connectivity index (χ4v) is 1.88. The van der Waals surface area contributed by atoms with E-state index in [4.69, 9.17) is 5.26 Å². The van der Waals surface area contributed by atoms with Crippen LogP contribution in [0, 0.1) is 11.3 Å². The fraction of sp³-hybridized carbons (Fsp3) is 0.500. The molecule has 1 N–H and O–H groups in total. The van der Waals surface area contributed by atoms with Crippen molar-refractivity contribution in [3.05, 3.63) is 23.9 Å². The Morgan fingerprint density at radius 2 is 2.12 bits per heavy atom. The largest absolute Gasteiger partial charge is 0.390 e. The third-order valence-corrected chi connectivity index (χ3v) is 3.01. The Morgan fingerprint density at radius 3 is 2.75 bits per heavy atom. The van der Waals surface area contributed by atoms with Gasteiger partial charge in [-0.2, -0.15) is 5.26 Å². The molecule has 1 aromatic heterocycles. The van der Waals surface area contributed by atoms with Gasteiger partial charge in [0.05, 0.1) is 5.60 Å². The second-order valence-electron chi connectivity index (χ2n) is 4.48. The van der Waals surface area contributed by atoms with Crippen LogP contribution >= 0.6 is 0 Å². The number of piperidine rings is 1. The van der Waals surface area contributed by atoms with Crippen LogP contribution in [0.3, 0.4) is 0 Å². The molecule has 0 aromatic carbocycles. The lowest BCUT2D eigenvalue weighted by molar-refractivity contribution is 0.0350. The zero-order valence-corrected chi connectivity index (χ0v) is 9.35. The molecule has 0 bridgehead atoms. The molecular formula is C12H15N3O. The number of hydrogen-bond acceptors (Lipinski definition) is 4. The fourth-order valence-electron chi connectivity index (χ4n) is 1.88. The zero-order chi connectivity index (χ0) is 11.6. The van der Waals surface area contributed by atoms with E-state index >= 15 is 0 Å². The van der Waals surface area contributed by atoms with Crippen molar-refractivity contribution < 1.29 is 5.11 Å². The van der Waals surface area contributed by atoms with Crippen molar-refractivity contribution in [2.24, 2.45) is 0 Å². The highest BCUT2D eigenvalue weighted by Gasteiger charge is 2.27. The minimum atomic E-state index is -0.552. The summed E-state index contributed by atoms with van der Waals surface area (Å²) in [6.45, 7) is 3.44. The maximum atomic E-state index is 9.84. The van der Waals surface area contributed by atoms with Crippen molar-refractivity contribution >= 4 is 5.82 Å². The first-order valence-corrected chi connectivity index (χ1v) is 5.45. The van der Waals surface area contributed by atoms with Gasteiger partial charge in [-0.1, -0.05) is 6.07 Å². The standard InChI is InChI=1S/C12H15N3O/c1-12(16)5-7-15(8-6-12)11-4-2-3-10(9-13)14-11/h2-4,16H,5-8H2,1H3. The van der Waals surface area contributed by atoms with Crippen LogP contribution in [0.1, 0.15) is 25.5 Å². The highest BCUT2D eigenvalue weighted by Crippen LogP contribution is 2.24. The number of aromatic nitrogens is 1. The summed E-state index contributed by atoms with van der Waals surface area (Å²) in [5.41, 5.74) is -0.113. The van der Waals surface area contributed by atoms with Gasteiger partial charge in [-0.05, 0) is 31.9 Å². The Bertz CT molecular complexity index is 413. The number of nitriles is 1. The number of hydrogen-bond donors (Lipinski definition) is 1. The minimum Gasteiger partial charge on any atom is -0.390 e. The SMILES string of the molecule is CC1(O)CCN(c2cccc(C#N)n2)CC1. The number of nitrogens with zero attached hydrogens (tertiary/aromatic N) is 3. The lowest BCUT2D eigenvalue weighted by atomic mass is 9.94. The molecule has 0 unspecified atom stereocenters. The molecule has 1 fully saturated rings. The highest BCUT2D eigenvalue weighted by atomic mass is 16.3. The smallest absolute Gasteiger partial charge is 0.142 e. The van der Waals surface area contributed by atoms with Crippen LogP contribution < -0.4 is 4.90 Å². The molecule has 1 aliphatic heterocycles. The van der Waals surface area contributed by atoms with E-state index in [0.717, 1.165) is 31.7 Å². The molecule has 2 heterocycles. The van der Waals surface area contributed by atoms with E-state index in [1.807, 2.05) is 25.1 Å². The normalized spacial score (nSPS) is 19.2. The van der Waals surface area contributed by atoms with Gasteiger partial charge in [0.2, 0.25) is 0 Å². The Hall–Kier alpha value is -1.60. The van der Waals surface area contributed by atoms with E-state index in [1.54, 1.807) is 6.07 Å². The van der Waals surface area contributed by atoms with E-state index in [9.17, 15) is 5.11 Å². The second-order valence-corrected chi connectivity index (χ2v) is 4.48. The first kappa shape index (κ1) is 10.9. The third kappa shape index (κ3) is 2.31. The van der Waals surface area contributed by atoms with Crippen molar-refractivity contribution in [3.8, 4) is 6.07 Å². The first-order chi connectivity index (χ1) is 7.61. The Morgan fingerprint density at radius 1 is 1.44 bits per heavy atom. The van der Waals surface area contributed by atoms with Gasteiger partial charge in [0.25, 0.3) is 0 Å². The van der Waals surface area contributed by atoms with Crippen LogP contribution in [0.15, 0.2) is 18.2 Å². The zero-order valence-electron chi connectivity index (χ0n) is 9.35. The molecule has 2 rings (SSSR count). The molecule has 0 atom stereocenters. The predicted molar refractivity (Wildman–Crippen MR) is 61.0 cm³/mol. The molecule has 1 aromatic rings. The summed E-state index contributed by atoms with van der Waals surface area (Å²) in [7, 11) is 0. The van der Waals surface area contributed by atoms with Crippen molar-refractivity contribution in [1.29, 1.82) is 5.26 Å². The summed E-state index contributed by atoms with van der Waals surface area (Å²) in [5, 5.41) is 18.6. The van der Waals surface area contributed by atoms with Gasteiger partial charge in [-0.15, -0.1) is 0 Å². The van der Waals surface area contributed by atoms with E-state index in [2.05, 4.69) is 9.88 Å². The number of pyridine rings is 1. The molecule has 4 heteroatoms. The molecule has 84 valence electrons. The molecule has 1 aliphatic rings.